The highest BCUT2D eigenvalue weighted by Crippen LogP contribution is 2.46. The summed E-state index contributed by atoms with van der Waals surface area (Å²) in [5, 5.41) is 0. The lowest BCUT2D eigenvalue weighted by atomic mass is 9.80. The van der Waals surface area contributed by atoms with Crippen LogP contribution in [0.1, 0.15) is 42.1 Å². The van der Waals surface area contributed by atoms with E-state index in [1.807, 2.05) is 0 Å². The maximum absolute atomic E-state index is 6.41. The van der Waals surface area contributed by atoms with Gasteiger partial charge in [0.1, 0.15) is 0 Å². The van der Waals surface area contributed by atoms with Gasteiger partial charge in [0.15, 0.2) is 0 Å². The summed E-state index contributed by atoms with van der Waals surface area (Å²) in [4.78, 5) is 0. The van der Waals surface area contributed by atoms with Crippen LogP contribution in [0, 0.1) is 5.92 Å². The van der Waals surface area contributed by atoms with E-state index in [2.05, 4.69) is 54.6 Å². The van der Waals surface area contributed by atoms with E-state index in [4.69, 9.17) is 4.74 Å². The van der Waals surface area contributed by atoms with E-state index in [1.54, 1.807) is 0 Å². The molecule has 0 aromatic heterocycles. The first-order chi connectivity index (χ1) is 10.4. The van der Waals surface area contributed by atoms with E-state index < -0.39 is 0 Å². The molecule has 3 atom stereocenters. The van der Waals surface area contributed by atoms with Gasteiger partial charge in [0.2, 0.25) is 0 Å². The van der Waals surface area contributed by atoms with Crippen molar-refractivity contribution in [2.45, 2.75) is 44.3 Å². The zero-order valence-electron chi connectivity index (χ0n) is 12.4. The lowest BCUT2D eigenvalue weighted by Crippen LogP contribution is -2.16. The van der Waals surface area contributed by atoms with Crippen molar-refractivity contribution in [2.24, 2.45) is 5.92 Å². The maximum atomic E-state index is 6.41. The average Bonchev–Trinajstić information content (AvgIpc) is 2.97. The summed E-state index contributed by atoms with van der Waals surface area (Å²) in [5.41, 5.74) is 4.38. The first-order valence-electron chi connectivity index (χ1n) is 8.17. The quantitative estimate of drug-likeness (QED) is 0.790. The lowest BCUT2D eigenvalue weighted by molar-refractivity contribution is 0.0254. The Morgan fingerprint density at radius 3 is 2.67 bits per heavy atom. The van der Waals surface area contributed by atoms with Crippen LogP contribution in [0.5, 0.6) is 0 Å². The molecule has 0 spiro atoms. The molecule has 2 aliphatic rings. The second kappa shape index (κ2) is 5.65. The van der Waals surface area contributed by atoms with Gasteiger partial charge in [-0.2, -0.15) is 0 Å². The molecule has 1 heterocycles. The molecule has 1 aliphatic carbocycles. The van der Waals surface area contributed by atoms with Crippen molar-refractivity contribution in [3.8, 4) is 0 Å². The van der Waals surface area contributed by atoms with Crippen LogP contribution < -0.4 is 0 Å². The van der Waals surface area contributed by atoms with Crippen molar-refractivity contribution < 1.29 is 4.74 Å². The van der Waals surface area contributed by atoms with E-state index in [-0.39, 0.29) is 0 Å². The number of benzene rings is 2. The molecule has 0 saturated carbocycles. The summed E-state index contributed by atoms with van der Waals surface area (Å²) in [5.74, 6) is 0.737. The van der Waals surface area contributed by atoms with E-state index in [1.165, 1.54) is 36.0 Å². The monoisotopic (exact) mass is 278 g/mol. The zero-order valence-corrected chi connectivity index (χ0v) is 12.4. The van der Waals surface area contributed by atoms with Gasteiger partial charge >= 0.3 is 0 Å². The van der Waals surface area contributed by atoms with Gasteiger partial charge in [-0.15, -0.1) is 0 Å². The standard InChI is InChI=1S/C20H22O/c1-2-6-15(7-3-1)10-13-18-14-17-12-11-16-8-4-5-9-19(16)20(17)21-18/h1-9,17-18,20H,10-14H2/t17-,18+,20+/m1/s1. The molecule has 1 fully saturated rings. The van der Waals surface area contributed by atoms with Crippen LogP contribution in [-0.2, 0) is 17.6 Å². The van der Waals surface area contributed by atoms with Crippen LogP contribution in [0.3, 0.4) is 0 Å². The van der Waals surface area contributed by atoms with Crippen molar-refractivity contribution >= 4 is 0 Å². The minimum Gasteiger partial charge on any atom is -0.370 e. The van der Waals surface area contributed by atoms with Gasteiger partial charge in [-0.05, 0) is 54.7 Å². The fourth-order valence-corrected chi connectivity index (χ4v) is 3.97. The summed E-state index contributed by atoms with van der Waals surface area (Å²) in [6.45, 7) is 0. The first kappa shape index (κ1) is 13.1. The van der Waals surface area contributed by atoms with E-state index in [9.17, 15) is 0 Å². The summed E-state index contributed by atoms with van der Waals surface area (Å²) >= 11 is 0. The van der Waals surface area contributed by atoms with Gasteiger partial charge in [-0.1, -0.05) is 54.6 Å². The number of aryl methyl sites for hydroxylation is 2. The van der Waals surface area contributed by atoms with E-state index >= 15 is 0 Å². The Balaban J connectivity index is 1.43. The fourth-order valence-electron chi connectivity index (χ4n) is 3.97. The summed E-state index contributed by atoms with van der Waals surface area (Å²) < 4.78 is 6.41. The topological polar surface area (TPSA) is 9.23 Å². The van der Waals surface area contributed by atoms with E-state index in [0.29, 0.717) is 12.2 Å². The molecule has 2 aromatic carbocycles. The molecule has 2 aromatic rings. The average molecular weight is 278 g/mol. The van der Waals surface area contributed by atoms with Gasteiger partial charge < -0.3 is 4.74 Å². The minimum atomic E-state index is 0.357. The Kier molecular flexibility index (Phi) is 3.52. The summed E-state index contributed by atoms with van der Waals surface area (Å²) in [6.07, 6.45) is 6.84. The predicted octanol–water partition coefficient (Wildman–Crippen LogP) is 4.71. The molecule has 1 nitrogen and oxygen atoms in total. The molecular weight excluding hydrogens is 256 g/mol. The second-order valence-electron chi connectivity index (χ2n) is 6.44. The molecule has 1 heteroatoms. The molecule has 108 valence electrons. The molecule has 0 amide bonds. The number of hydrogen-bond acceptors (Lipinski definition) is 1. The molecular formula is C20H22O. The molecule has 0 unspecified atom stereocenters. The predicted molar refractivity (Wildman–Crippen MR) is 85.2 cm³/mol. The summed E-state index contributed by atoms with van der Waals surface area (Å²) in [6, 6.07) is 19.6. The normalized spacial score (nSPS) is 27.1. The van der Waals surface area contributed by atoms with Crippen LogP contribution in [0.4, 0.5) is 0 Å². The van der Waals surface area contributed by atoms with Crippen molar-refractivity contribution in [2.75, 3.05) is 0 Å². The largest absolute Gasteiger partial charge is 0.370 e. The Morgan fingerprint density at radius 2 is 1.76 bits per heavy atom. The van der Waals surface area contributed by atoms with Crippen LogP contribution in [0.15, 0.2) is 54.6 Å². The third-order valence-electron chi connectivity index (χ3n) is 5.08. The number of ether oxygens (including phenoxy) is 1. The molecule has 0 N–H and O–H groups in total. The molecule has 1 saturated heterocycles. The van der Waals surface area contributed by atoms with Gasteiger partial charge in [0, 0.05) is 0 Å². The highest BCUT2D eigenvalue weighted by molar-refractivity contribution is 5.32. The molecule has 4 rings (SSSR count). The zero-order chi connectivity index (χ0) is 14.1. The molecule has 0 bridgehead atoms. The van der Waals surface area contributed by atoms with Gasteiger partial charge in [-0.25, -0.2) is 0 Å². The van der Waals surface area contributed by atoms with Crippen LogP contribution in [0.25, 0.3) is 0 Å². The summed E-state index contributed by atoms with van der Waals surface area (Å²) in [7, 11) is 0. The van der Waals surface area contributed by atoms with Gasteiger partial charge in [0.25, 0.3) is 0 Å². The van der Waals surface area contributed by atoms with Gasteiger partial charge in [0.05, 0.1) is 12.2 Å². The lowest BCUT2D eigenvalue weighted by Gasteiger charge is -2.26. The Bertz CT molecular complexity index is 604. The van der Waals surface area contributed by atoms with E-state index in [0.717, 1.165) is 18.8 Å². The number of fused-ring (bicyclic) bond motifs is 3. The first-order valence-corrected chi connectivity index (χ1v) is 8.17. The number of rotatable bonds is 3. The second-order valence-corrected chi connectivity index (χ2v) is 6.44. The van der Waals surface area contributed by atoms with Crippen LogP contribution in [0.2, 0.25) is 0 Å². The molecule has 21 heavy (non-hydrogen) atoms. The van der Waals surface area contributed by atoms with Crippen LogP contribution >= 0.6 is 0 Å². The van der Waals surface area contributed by atoms with Gasteiger partial charge in [-0.3, -0.25) is 0 Å². The van der Waals surface area contributed by atoms with Crippen molar-refractivity contribution in [1.82, 2.24) is 0 Å². The highest BCUT2D eigenvalue weighted by atomic mass is 16.5. The van der Waals surface area contributed by atoms with Crippen molar-refractivity contribution in [3.63, 3.8) is 0 Å². The van der Waals surface area contributed by atoms with Crippen molar-refractivity contribution in [3.05, 3.63) is 71.3 Å². The third-order valence-corrected chi connectivity index (χ3v) is 5.08. The Labute approximate surface area is 127 Å². The fraction of sp³-hybridized carbons (Fsp3) is 0.400. The highest BCUT2D eigenvalue weighted by Gasteiger charge is 2.38. The smallest absolute Gasteiger partial charge is 0.0860 e. The molecule has 1 aliphatic heterocycles. The SMILES string of the molecule is c1ccc(CC[C@H]2C[C@H]3CCc4ccccc4[C@H]3O2)cc1. The minimum absolute atomic E-state index is 0.357. The van der Waals surface area contributed by atoms with Crippen molar-refractivity contribution in [1.29, 1.82) is 0 Å². The Morgan fingerprint density at radius 1 is 0.952 bits per heavy atom. The third kappa shape index (κ3) is 2.63. The maximum Gasteiger partial charge on any atom is 0.0860 e. The number of hydrogen-bond donors (Lipinski definition) is 0. The van der Waals surface area contributed by atoms with Crippen LogP contribution in [-0.4, -0.2) is 6.10 Å². The molecule has 0 radical (unpaired) electrons. The Hall–Kier alpha value is -1.60.